The second-order valence-electron chi connectivity index (χ2n) is 5.71. The van der Waals surface area contributed by atoms with Crippen LogP contribution in [-0.4, -0.2) is 28.9 Å². The van der Waals surface area contributed by atoms with E-state index in [9.17, 15) is 14.4 Å². The lowest BCUT2D eigenvalue weighted by Gasteiger charge is -2.22. The molecule has 0 saturated heterocycles. The molecule has 0 saturated carbocycles. The first-order chi connectivity index (χ1) is 12.0. The fraction of sp³-hybridized carbons (Fsp3) is 0.235. The van der Waals surface area contributed by atoms with Crippen LogP contribution < -0.4 is 21.5 Å². The van der Waals surface area contributed by atoms with E-state index in [0.717, 1.165) is 0 Å². The molecule has 0 bridgehead atoms. The lowest BCUT2D eigenvalue weighted by molar-refractivity contribution is -0.124. The minimum absolute atomic E-state index is 0.177. The first-order valence-corrected chi connectivity index (χ1v) is 7.83. The van der Waals surface area contributed by atoms with Crippen molar-refractivity contribution in [3.05, 3.63) is 54.4 Å². The molecule has 1 aromatic heterocycles. The van der Waals surface area contributed by atoms with Crippen molar-refractivity contribution in [2.24, 2.45) is 5.92 Å². The summed E-state index contributed by atoms with van der Waals surface area (Å²) in [5.74, 6) is -1.17. The molecule has 1 aromatic carbocycles. The van der Waals surface area contributed by atoms with E-state index in [0.29, 0.717) is 11.4 Å². The Morgan fingerprint density at radius 2 is 1.68 bits per heavy atom. The average Bonchev–Trinajstić information content (AvgIpc) is 3.12. The summed E-state index contributed by atoms with van der Waals surface area (Å²) in [6.45, 7) is 3.58. The number of hydrazine groups is 1. The summed E-state index contributed by atoms with van der Waals surface area (Å²) < 4.78 is 0. The maximum atomic E-state index is 12.3. The van der Waals surface area contributed by atoms with Gasteiger partial charge in [-0.25, -0.2) is 4.79 Å². The Hall–Kier alpha value is -3.29. The van der Waals surface area contributed by atoms with E-state index in [2.05, 4.69) is 26.5 Å². The van der Waals surface area contributed by atoms with Crippen molar-refractivity contribution >= 4 is 23.5 Å². The van der Waals surface area contributed by atoms with Crippen LogP contribution in [0.25, 0.3) is 0 Å². The van der Waals surface area contributed by atoms with Crippen molar-refractivity contribution in [3.8, 4) is 0 Å². The van der Waals surface area contributed by atoms with Gasteiger partial charge < -0.3 is 15.6 Å². The molecule has 0 spiro atoms. The van der Waals surface area contributed by atoms with Gasteiger partial charge >= 0.3 is 6.03 Å². The van der Waals surface area contributed by atoms with E-state index in [-0.39, 0.29) is 5.92 Å². The molecular weight excluding hydrogens is 322 g/mol. The van der Waals surface area contributed by atoms with Crippen LogP contribution >= 0.6 is 0 Å². The van der Waals surface area contributed by atoms with Crippen molar-refractivity contribution in [2.75, 3.05) is 5.32 Å². The number of hydrogen-bond acceptors (Lipinski definition) is 3. The van der Waals surface area contributed by atoms with E-state index in [1.165, 1.54) is 0 Å². The molecule has 4 amide bonds. The Bertz CT molecular complexity index is 713. The number of para-hydroxylation sites is 1. The monoisotopic (exact) mass is 343 g/mol. The zero-order chi connectivity index (χ0) is 18.2. The molecule has 0 aliphatic rings. The van der Waals surface area contributed by atoms with Gasteiger partial charge in [-0.2, -0.15) is 0 Å². The molecular formula is C17H21N5O3. The number of benzene rings is 1. The lowest BCUT2D eigenvalue weighted by atomic mass is 10.0. The zero-order valence-electron chi connectivity index (χ0n) is 14.0. The molecule has 5 N–H and O–H groups in total. The summed E-state index contributed by atoms with van der Waals surface area (Å²) in [5.41, 5.74) is 5.55. The number of amides is 4. The highest BCUT2D eigenvalue weighted by atomic mass is 16.2. The third-order valence-electron chi connectivity index (χ3n) is 3.41. The van der Waals surface area contributed by atoms with E-state index in [1.807, 2.05) is 6.07 Å². The summed E-state index contributed by atoms with van der Waals surface area (Å²) >= 11 is 0. The SMILES string of the molecule is CC(C)C(NC(=O)Nc1ccccc1)C(=O)NNC(=O)c1ccc[nH]1. The molecule has 0 aliphatic carbocycles. The van der Waals surface area contributed by atoms with E-state index < -0.39 is 23.9 Å². The van der Waals surface area contributed by atoms with Crippen LogP contribution in [0.4, 0.5) is 10.5 Å². The first-order valence-electron chi connectivity index (χ1n) is 7.83. The van der Waals surface area contributed by atoms with Gasteiger partial charge in [0.2, 0.25) is 0 Å². The van der Waals surface area contributed by atoms with E-state index >= 15 is 0 Å². The summed E-state index contributed by atoms with van der Waals surface area (Å²) in [6, 6.07) is 10.8. The van der Waals surface area contributed by atoms with Crippen LogP contribution in [-0.2, 0) is 4.79 Å². The zero-order valence-corrected chi connectivity index (χ0v) is 14.0. The van der Waals surface area contributed by atoms with Gasteiger partial charge in [0.05, 0.1) is 0 Å². The van der Waals surface area contributed by atoms with Crippen LogP contribution in [0, 0.1) is 5.92 Å². The Morgan fingerprint density at radius 1 is 0.960 bits per heavy atom. The number of H-pyrrole nitrogens is 1. The molecule has 2 rings (SSSR count). The fourth-order valence-electron chi connectivity index (χ4n) is 2.10. The molecule has 1 heterocycles. The quantitative estimate of drug-likeness (QED) is 0.531. The Kier molecular flexibility index (Phi) is 6.16. The van der Waals surface area contributed by atoms with E-state index in [1.54, 1.807) is 56.4 Å². The summed E-state index contributed by atoms with van der Waals surface area (Å²) in [7, 11) is 0. The van der Waals surface area contributed by atoms with Gasteiger partial charge in [0.15, 0.2) is 0 Å². The van der Waals surface area contributed by atoms with Gasteiger partial charge in [0, 0.05) is 11.9 Å². The van der Waals surface area contributed by atoms with Crippen molar-refractivity contribution in [1.82, 2.24) is 21.2 Å². The van der Waals surface area contributed by atoms with Crippen molar-refractivity contribution in [3.63, 3.8) is 0 Å². The minimum Gasteiger partial charge on any atom is -0.357 e. The van der Waals surface area contributed by atoms with Crippen LogP contribution in [0.15, 0.2) is 48.7 Å². The Labute approximate surface area is 145 Å². The molecule has 0 fully saturated rings. The van der Waals surface area contributed by atoms with E-state index in [4.69, 9.17) is 0 Å². The fourth-order valence-corrected chi connectivity index (χ4v) is 2.10. The van der Waals surface area contributed by atoms with Gasteiger partial charge in [0.25, 0.3) is 11.8 Å². The highest BCUT2D eigenvalue weighted by molar-refractivity contribution is 5.96. The molecule has 25 heavy (non-hydrogen) atoms. The number of carbonyl (C=O) groups excluding carboxylic acids is 3. The number of aromatic amines is 1. The third-order valence-corrected chi connectivity index (χ3v) is 3.41. The van der Waals surface area contributed by atoms with Crippen molar-refractivity contribution in [2.45, 2.75) is 19.9 Å². The number of anilines is 1. The molecule has 0 aliphatic heterocycles. The van der Waals surface area contributed by atoms with Gasteiger partial charge in [0.1, 0.15) is 11.7 Å². The Morgan fingerprint density at radius 3 is 2.28 bits per heavy atom. The summed E-state index contributed by atoms with van der Waals surface area (Å²) in [5, 5.41) is 5.25. The van der Waals surface area contributed by atoms with Crippen LogP contribution in [0.3, 0.4) is 0 Å². The highest BCUT2D eigenvalue weighted by Crippen LogP contribution is 2.06. The minimum atomic E-state index is -0.812. The Balaban J connectivity index is 1.89. The molecule has 8 nitrogen and oxygen atoms in total. The van der Waals surface area contributed by atoms with Crippen LogP contribution in [0.5, 0.6) is 0 Å². The molecule has 0 radical (unpaired) electrons. The maximum Gasteiger partial charge on any atom is 0.319 e. The summed E-state index contributed by atoms with van der Waals surface area (Å²) in [4.78, 5) is 38.9. The lowest BCUT2D eigenvalue weighted by Crippen LogP contribution is -2.55. The highest BCUT2D eigenvalue weighted by Gasteiger charge is 2.24. The van der Waals surface area contributed by atoms with Crippen LogP contribution in [0.2, 0.25) is 0 Å². The predicted octanol–water partition coefficient (Wildman–Crippen LogP) is 1.62. The van der Waals surface area contributed by atoms with Crippen molar-refractivity contribution < 1.29 is 14.4 Å². The molecule has 1 unspecified atom stereocenters. The molecule has 8 heteroatoms. The van der Waals surface area contributed by atoms with Gasteiger partial charge in [-0.3, -0.25) is 20.4 Å². The predicted molar refractivity (Wildman–Crippen MR) is 93.6 cm³/mol. The number of urea groups is 1. The average molecular weight is 343 g/mol. The molecule has 132 valence electrons. The largest absolute Gasteiger partial charge is 0.357 e. The number of aromatic nitrogens is 1. The van der Waals surface area contributed by atoms with Crippen molar-refractivity contribution in [1.29, 1.82) is 0 Å². The molecule has 2 aromatic rings. The van der Waals surface area contributed by atoms with Gasteiger partial charge in [-0.1, -0.05) is 32.0 Å². The standard InChI is InChI=1S/C17H21N5O3/c1-11(2)14(20-17(25)19-12-7-4-3-5-8-12)16(24)22-21-15(23)13-9-6-10-18-13/h3-11,14,18H,1-2H3,(H,21,23)(H,22,24)(H2,19,20,25). The summed E-state index contributed by atoms with van der Waals surface area (Å²) in [6.07, 6.45) is 1.60. The third kappa shape index (κ3) is 5.38. The number of nitrogens with one attached hydrogen (secondary N) is 5. The van der Waals surface area contributed by atoms with Crippen LogP contribution in [0.1, 0.15) is 24.3 Å². The second kappa shape index (κ2) is 8.53. The van der Waals surface area contributed by atoms with Gasteiger partial charge in [-0.05, 0) is 30.2 Å². The number of rotatable bonds is 5. The number of carbonyl (C=O) groups is 3. The normalized spacial score (nSPS) is 11.5. The number of hydrogen-bond donors (Lipinski definition) is 5. The van der Waals surface area contributed by atoms with Gasteiger partial charge in [-0.15, -0.1) is 0 Å². The molecule has 1 atom stereocenters. The topological polar surface area (TPSA) is 115 Å². The second-order valence-corrected chi connectivity index (χ2v) is 5.71. The maximum absolute atomic E-state index is 12.3. The smallest absolute Gasteiger partial charge is 0.319 e. The first kappa shape index (κ1) is 18.1.